The van der Waals surface area contributed by atoms with Crippen molar-refractivity contribution in [3.63, 3.8) is 0 Å². The number of nitrogens with zero attached hydrogens (tertiary/aromatic N) is 2. The normalized spacial score (nSPS) is 16.9. The number of nitriles is 1. The molecule has 1 aliphatic rings. The molecule has 1 saturated carbocycles. The topological polar surface area (TPSA) is 116 Å². The van der Waals surface area contributed by atoms with E-state index in [4.69, 9.17) is 10.00 Å². The predicted molar refractivity (Wildman–Crippen MR) is 144 cm³/mol. The minimum absolute atomic E-state index is 0.00603. The first-order chi connectivity index (χ1) is 17.9. The van der Waals surface area contributed by atoms with Crippen LogP contribution < -0.4 is 20.7 Å². The van der Waals surface area contributed by atoms with Gasteiger partial charge in [-0.15, -0.1) is 0 Å². The quantitative estimate of drug-likeness (QED) is 0.392. The number of amides is 2. The third-order valence-corrected chi connectivity index (χ3v) is 6.53. The minimum atomic E-state index is -0.227. The highest BCUT2D eigenvalue weighted by molar-refractivity contribution is 5.99. The van der Waals surface area contributed by atoms with E-state index >= 15 is 0 Å². The Morgan fingerprint density at radius 1 is 1.14 bits per heavy atom. The Bertz CT molecular complexity index is 1380. The molecule has 4 rings (SSSR count). The molecule has 1 fully saturated rings. The van der Waals surface area contributed by atoms with Crippen LogP contribution in [0.3, 0.4) is 0 Å². The number of carbonyl (C=O) groups excluding carboxylic acids is 2. The minimum Gasteiger partial charge on any atom is -0.495 e. The van der Waals surface area contributed by atoms with Crippen molar-refractivity contribution in [1.82, 2.24) is 15.6 Å². The molecule has 0 saturated heterocycles. The number of fused-ring (bicyclic) bond motifs is 1. The second-order valence-corrected chi connectivity index (χ2v) is 9.29. The maximum Gasteiger partial charge on any atom is 0.270 e. The van der Waals surface area contributed by atoms with Crippen LogP contribution in [0.25, 0.3) is 22.0 Å². The first-order valence-corrected chi connectivity index (χ1v) is 12.4. The van der Waals surface area contributed by atoms with Crippen molar-refractivity contribution < 1.29 is 14.3 Å². The van der Waals surface area contributed by atoms with Gasteiger partial charge in [0.2, 0.25) is 5.91 Å². The SMILES string of the molecule is C=C(C#N)CNc1c(OC)ccc2ccc(-c3cccc(C(=O)N[C@@H]4CCC[C@H](NC(C)=O)C4)n3)cc12. The van der Waals surface area contributed by atoms with Crippen molar-refractivity contribution in [1.29, 1.82) is 5.26 Å². The number of methoxy groups -OCH3 is 1. The summed E-state index contributed by atoms with van der Waals surface area (Å²) in [6, 6.07) is 17.3. The zero-order chi connectivity index (χ0) is 26.4. The summed E-state index contributed by atoms with van der Waals surface area (Å²) < 4.78 is 5.55. The van der Waals surface area contributed by atoms with E-state index in [1.54, 1.807) is 13.2 Å². The van der Waals surface area contributed by atoms with Gasteiger partial charge < -0.3 is 20.7 Å². The molecular formula is C29H31N5O3. The lowest BCUT2D eigenvalue weighted by atomic mass is 9.91. The number of anilines is 1. The van der Waals surface area contributed by atoms with Crippen LogP contribution in [-0.4, -0.2) is 42.5 Å². The molecule has 0 bridgehead atoms. The van der Waals surface area contributed by atoms with Gasteiger partial charge in [0.15, 0.2) is 0 Å². The lowest BCUT2D eigenvalue weighted by Crippen LogP contribution is -2.45. The van der Waals surface area contributed by atoms with E-state index in [2.05, 4.69) is 33.6 Å². The van der Waals surface area contributed by atoms with Gasteiger partial charge in [-0.25, -0.2) is 4.98 Å². The third kappa shape index (κ3) is 6.25. The van der Waals surface area contributed by atoms with Crippen molar-refractivity contribution in [2.24, 2.45) is 0 Å². The number of aromatic nitrogens is 1. The summed E-state index contributed by atoms with van der Waals surface area (Å²) in [5.74, 6) is 0.379. The summed E-state index contributed by atoms with van der Waals surface area (Å²) in [5.41, 5.74) is 3.04. The van der Waals surface area contributed by atoms with Gasteiger partial charge in [-0.3, -0.25) is 9.59 Å². The van der Waals surface area contributed by atoms with Gasteiger partial charge in [-0.2, -0.15) is 5.26 Å². The van der Waals surface area contributed by atoms with Gasteiger partial charge in [0, 0.05) is 42.1 Å². The molecule has 3 aromatic rings. The van der Waals surface area contributed by atoms with E-state index in [0.29, 0.717) is 35.7 Å². The Hall–Kier alpha value is -4.38. The molecule has 1 heterocycles. The highest BCUT2D eigenvalue weighted by Gasteiger charge is 2.24. The van der Waals surface area contributed by atoms with Crippen LogP contribution >= 0.6 is 0 Å². The standard InChI is InChI=1S/C29H31N5O3/c1-18(16-30)17-31-28-24-14-21(11-10-20(24)12-13-27(28)37-3)25-8-5-9-26(34-25)29(36)33-23-7-4-6-22(15-23)32-19(2)35/h5,8-14,22-23,31H,1,4,6-7,15,17H2,2-3H3,(H,32,35)(H,33,36)/t22-,23+/m0/s1. The fourth-order valence-electron chi connectivity index (χ4n) is 4.77. The molecular weight excluding hydrogens is 466 g/mol. The van der Waals surface area contributed by atoms with Crippen molar-refractivity contribution in [3.05, 3.63) is 66.4 Å². The van der Waals surface area contributed by atoms with Crippen LogP contribution in [0.15, 0.2) is 60.7 Å². The Morgan fingerprint density at radius 3 is 2.62 bits per heavy atom. The zero-order valence-corrected chi connectivity index (χ0v) is 21.1. The van der Waals surface area contributed by atoms with Crippen LogP contribution in [0.2, 0.25) is 0 Å². The third-order valence-electron chi connectivity index (χ3n) is 6.53. The average molecular weight is 498 g/mol. The van der Waals surface area contributed by atoms with Gasteiger partial charge in [-0.1, -0.05) is 30.8 Å². The summed E-state index contributed by atoms with van der Waals surface area (Å²) >= 11 is 0. The lowest BCUT2D eigenvalue weighted by Gasteiger charge is -2.30. The summed E-state index contributed by atoms with van der Waals surface area (Å²) in [6.45, 7) is 5.56. The molecule has 1 aliphatic carbocycles. The molecule has 2 amide bonds. The van der Waals surface area contributed by atoms with Gasteiger partial charge in [0.25, 0.3) is 5.91 Å². The fourth-order valence-corrected chi connectivity index (χ4v) is 4.77. The first kappa shape index (κ1) is 25.7. The van der Waals surface area contributed by atoms with Crippen LogP contribution in [0.1, 0.15) is 43.1 Å². The number of pyridine rings is 1. The second kappa shape index (κ2) is 11.6. The van der Waals surface area contributed by atoms with Crippen LogP contribution in [0, 0.1) is 11.3 Å². The van der Waals surface area contributed by atoms with Crippen LogP contribution in [0.5, 0.6) is 5.75 Å². The zero-order valence-electron chi connectivity index (χ0n) is 21.1. The van der Waals surface area contributed by atoms with Crippen LogP contribution in [-0.2, 0) is 4.79 Å². The smallest absolute Gasteiger partial charge is 0.270 e. The van der Waals surface area contributed by atoms with Gasteiger partial charge in [0.1, 0.15) is 11.4 Å². The molecule has 37 heavy (non-hydrogen) atoms. The predicted octanol–water partition coefficient (Wildman–Crippen LogP) is 4.58. The second-order valence-electron chi connectivity index (χ2n) is 9.29. The maximum atomic E-state index is 13.0. The Balaban J connectivity index is 1.58. The molecule has 0 unspecified atom stereocenters. The Morgan fingerprint density at radius 2 is 1.89 bits per heavy atom. The molecule has 8 nitrogen and oxygen atoms in total. The summed E-state index contributed by atoms with van der Waals surface area (Å²) in [5, 5.41) is 20.3. The lowest BCUT2D eigenvalue weighted by molar-refractivity contribution is -0.119. The number of nitrogens with one attached hydrogen (secondary N) is 3. The first-order valence-electron chi connectivity index (χ1n) is 12.4. The number of benzene rings is 2. The van der Waals surface area contributed by atoms with Crippen molar-refractivity contribution in [3.8, 4) is 23.1 Å². The highest BCUT2D eigenvalue weighted by Crippen LogP contribution is 2.35. The average Bonchev–Trinajstić information content (AvgIpc) is 2.91. The van der Waals surface area contributed by atoms with Gasteiger partial charge in [0.05, 0.1) is 24.6 Å². The van der Waals surface area contributed by atoms with E-state index in [0.717, 1.165) is 41.3 Å². The number of ether oxygens (including phenoxy) is 1. The molecule has 3 N–H and O–H groups in total. The molecule has 2 aromatic carbocycles. The number of hydrogen-bond acceptors (Lipinski definition) is 6. The molecule has 190 valence electrons. The van der Waals surface area contributed by atoms with Crippen LogP contribution in [0.4, 0.5) is 5.69 Å². The van der Waals surface area contributed by atoms with E-state index < -0.39 is 0 Å². The molecule has 0 aliphatic heterocycles. The van der Waals surface area contributed by atoms with E-state index in [1.165, 1.54) is 6.92 Å². The van der Waals surface area contributed by atoms with Crippen molar-refractivity contribution in [2.75, 3.05) is 19.0 Å². The number of hydrogen-bond donors (Lipinski definition) is 3. The number of rotatable bonds is 8. The fraction of sp³-hybridized carbons (Fsp3) is 0.310. The maximum absolute atomic E-state index is 13.0. The molecule has 8 heteroatoms. The summed E-state index contributed by atoms with van der Waals surface area (Å²) in [4.78, 5) is 29.1. The molecule has 0 radical (unpaired) electrons. The van der Waals surface area contributed by atoms with Gasteiger partial charge in [-0.05, 0) is 55.3 Å². The van der Waals surface area contributed by atoms with E-state index in [1.807, 2.05) is 42.5 Å². The number of carbonyl (C=O) groups is 2. The largest absolute Gasteiger partial charge is 0.495 e. The monoisotopic (exact) mass is 497 g/mol. The molecule has 2 atom stereocenters. The molecule has 1 aromatic heterocycles. The van der Waals surface area contributed by atoms with E-state index in [-0.39, 0.29) is 23.9 Å². The Kier molecular flexibility index (Phi) is 8.04. The molecule has 0 spiro atoms. The summed E-state index contributed by atoms with van der Waals surface area (Å²) in [6.07, 6.45) is 3.46. The highest BCUT2D eigenvalue weighted by atomic mass is 16.5. The Labute approximate surface area is 216 Å². The van der Waals surface area contributed by atoms with E-state index in [9.17, 15) is 9.59 Å². The van der Waals surface area contributed by atoms with Gasteiger partial charge >= 0.3 is 0 Å². The van der Waals surface area contributed by atoms with Crippen molar-refractivity contribution in [2.45, 2.75) is 44.7 Å². The van der Waals surface area contributed by atoms with Crippen molar-refractivity contribution >= 4 is 28.3 Å². The summed E-state index contributed by atoms with van der Waals surface area (Å²) in [7, 11) is 1.60.